The summed E-state index contributed by atoms with van der Waals surface area (Å²) in [7, 11) is 0. The monoisotopic (exact) mass is 479 g/mol. The van der Waals surface area contributed by atoms with Crippen LogP contribution in [0, 0.1) is 19.8 Å². The lowest BCUT2D eigenvalue weighted by atomic mass is 10.2. The van der Waals surface area contributed by atoms with Crippen molar-refractivity contribution in [2.75, 3.05) is 19.3 Å². The lowest BCUT2D eigenvalue weighted by molar-refractivity contribution is 0.449. The maximum absolute atomic E-state index is 4.81. The third-order valence-electron chi connectivity index (χ3n) is 4.55. The minimum Gasteiger partial charge on any atom is -0.357 e. The smallest absolute Gasteiger partial charge is 0.191 e. The Balaban J connectivity index is 0.00000312. The van der Waals surface area contributed by atoms with Gasteiger partial charge in [0.2, 0.25) is 0 Å². The van der Waals surface area contributed by atoms with Crippen molar-refractivity contribution in [3.63, 3.8) is 0 Å². The summed E-state index contributed by atoms with van der Waals surface area (Å²) in [4.78, 5) is 4.81. The highest BCUT2D eigenvalue weighted by atomic mass is 127. The molecule has 0 aliphatic heterocycles. The van der Waals surface area contributed by atoms with Gasteiger partial charge in [0.05, 0.1) is 5.69 Å². The van der Waals surface area contributed by atoms with E-state index in [1.165, 1.54) is 25.0 Å². The minimum atomic E-state index is 0. The molecule has 144 valence electrons. The van der Waals surface area contributed by atoms with Gasteiger partial charge in [-0.05, 0) is 58.3 Å². The fraction of sp³-hybridized carbons (Fsp3) is 0.778. The Morgan fingerprint density at radius 1 is 1.44 bits per heavy atom. The zero-order valence-corrected chi connectivity index (χ0v) is 19.4. The molecule has 0 saturated heterocycles. The van der Waals surface area contributed by atoms with Crippen LogP contribution in [0.25, 0.3) is 0 Å². The number of hydrogen-bond acceptors (Lipinski definition) is 3. The third-order valence-corrected chi connectivity index (χ3v) is 5.65. The molecule has 1 fully saturated rings. The van der Waals surface area contributed by atoms with Crippen LogP contribution < -0.4 is 10.6 Å². The number of nitrogens with one attached hydrogen (secondary N) is 2. The Bertz CT molecular complexity index is 546. The van der Waals surface area contributed by atoms with Crippen LogP contribution in [-0.2, 0) is 6.54 Å². The van der Waals surface area contributed by atoms with Crippen molar-refractivity contribution >= 4 is 41.7 Å². The number of nitrogens with zero attached hydrogens (tertiary/aromatic N) is 3. The summed E-state index contributed by atoms with van der Waals surface area (Å²) in [6.07, 6.45) is 6.02. The molecular weight excluding hydrogens is 445 g/mol. The first-order valence-electron chi connectivity index (χ1n) is 9.10. The molecule has 0 radical (unpaired) electrons. The summed E-state index contributed by atoms with van der Waals surface area (Å²) in [5.74, 6) is 1.42. The highest BCUT2D eigenvalue weighted by molar-refractivity contribution is 14.0. The van der Waals surface area contributed by atoms with Crippen molar-refractivity contribution in [3.05, 3.63) is 17.5 Å². The number of aryl methyl sites for hydroxylation is 2. The van der Waals surface area contributed by atoms with Crippen LogP contribution in [-0.4, -0.2) is 46.4 Å². The molecule has 1 aromatic rings. The molecule has 1 aliphatic rings. The molecule has 7 heteroatoms. The molecule has 1 aliphatic carbocycles. The van der Waals surface area contributed by atoms with Crippen LogP contribution in [0.2, 0.25) is 0 Å². The molecule has 1 heterocycles. The van der Waals surface area contributed by atoms with Gasteiger partial charge in [0, 0.05) is 36.6 Å². The Hall–Kier alpha value is -0.440. The number of thioether (sulfide) groups is 1. The topological polar surface area (TPSA) is 54.2 Å². The number of aromatic nitrogens is 2. The molecule has 0 amide bonds. The van der Waals surface area contributed by atoms with Gasteiger partial charge < -0.3 is 10.6 Å². The van der Waals surface area contributed by atoms with Gasteiger partial charge in [-0.2, -0.15) is 16.9 Å². The lowest BCUT2D eigenvalue weighted by Gasteiger charge is -2.18. The van der Waals surface area contributed by atoms with E-state index in [0.717, 1.165) is 36.5 Å². The summed E-state index contributed by atoms with van der Waals surface area (Å²) < 4.78 is 2.09. The van der Waals surface area contributed by atoms with E-state index < -0.39 is 0 Å². The summed E-state index contributed by atoms with van der Waals surface area (Å²) in [6, 6.07) is 2.69. The molecule has 3 atom stereocenters. The Labute approximate surface area is 174 Å². The van der Waals surface area contributed by atoms with E-state index in [-0.39, 0.29) is 24.0 Å². The first-order chi connectivity index (χ1) is 11.5. The van der Waals surface area contributed by atoms with Crippen LogP contribution in [0.1, 0.15) is 44.5 Å². The molecule has 1 aromatic heterocycles. The Kier molecular flexibility index (Phi) is 10.2. The quantitative estimate of drug-likeness (QED) is 0.357. The second kappa shape index (κ2) is 11.3. The van der Waals surface area contributed by atoms with Gasteiger partial charge in [-0.15, -0.1) is 24.0 Å². The third kappa shape index (κ3) is 7.37. The molecule has 2 N–H and O–H groups in total. The summed E-state index contributed by atoms with van der Waals surface area (Å²) >= 11 is 1.99. The SMILES string of the molecule is CCNC(=NCC(C)Cn1nc(C)cc1C)NC1CCC(SC)C1.I. The van der Waals surface area contributed by atoms with Crippen molar-refractivity contribution in [3.8, 4) is 0 Å². The van der Waals surface area contributed by atoms with Crippen molar-refractivity contribution in [1.82, 2.24) is 20.4 Å². The molecule has 3 unspecified atom stereocenters. The average Bonchev–Trinajstić information content (AvgIpc) is 3.11. The second-order valence-corrected chi connectivity index (χ2v) is 8.08. The standard InChI is InChI=1S/C18H33N5S.HI/c1-6-19-18(21-16-7-8-17(10-16)24-5)20-11-13(2)12-23-15(4)9-14(3)22-23;/h9,13,16-17H,6-8,10-12H2,1-5H3,(H2,19,20,21);1H. The van der Waals surface area contributed by atoms with Crippen molar-refractivity contribution < 1.29 is 0 Å². The Morgan fingerprint density at radius 2 is 2.20 bits per heavy atom. The second-order valence-electron chi connectivity index (χ2n) is 6.95. The molecule has 0 bridgehead atoms. The van der Waals surface area contributed by atoms with Crippen molar-refractivity contribution in [2.45, 2.75) is 64.8 Å². The summed E-state index contributed by atoms with van der Waals surface area (Å²) in [5, 5.41) is 12.4. The number of halogens is 1. The fourth-order valence-electron chi connectivity index (χ4n) is 3.26. The Morgan fingerprint density at radius 3 is 2.76 bits per heavy atom. The zero-order chi connectivity index (χ0) is 17.5. The maximum atomic E-state index is 4.81. The van der Waals surface area contributed by atoms with E-state index in [2.05, 4.69) is 53.5 Å². The average molecular weight is 479 g/mol. The molecule has 5 nitrogen and oxygen atoms in total. The van der Waals surface area contributed by atoms with E-state index in [0.29, 0.717) is 12.0 Å². The number of rotatable bonds is 7. The highest BCUT2D eigenvalue weighted by Gasteiger charge is 2.24. The van der Waals surface area contributed by atoms with E-state index >= 15 is 0 Å². The van der Waals surface area contributed by atoms with Crippen LogP contribution in [0.5, 0.6) is 0 Å². The van der Waals surface area contributed by atoms with Crippen molar-refractivity contribution in [2.24, 2.45) is 10.9 Å². The largest absolute Gasteiger partial charge is 0.357 e. The molecule has 0 spiro atoms. The maximum Gasteiger partial charge on any atom is 0.191 e. The van der Waals surface area contributed by atoms with Gasteiger partial charge in [-0.25, -0.2) is 0 Å². The van der Waals surface area contributed by atoms with Gasteiger partial charge in [0.15, 0.2) is 5.96 Å². The minimum absolute atomic E-state index is 0. The van der Waals surface area contributed by atoms with Crippen LogP contribution in [0.3, 0.4) is 0 Å². The summed E-state index contributed by atoms with van der Waals surface area (Å²) in [5.41, 5.74) is 2.31. The molecule has 2 rings (SSSR count). The zero-order valence-electron chi connectivity index (χ0n) is 16.2. The van der Waals surface area contributed by atoms with E-state index in [4.69, 9.17) is 4.99 Å². The number of hydrogen-bond donors (Lipinski definition) is 2. The van der Waals surface area contributed by atoms with Crippen LogP contribution in [0.4, 0.5) is 0 Å². The van der Waals surface area contributed by atoms with E-state index in [1.807, 2.05) is 18.7 Å². The molecular formula is C18H34IN5S. The van der Waals surface area contributed by atoms with Crippen LogP contribution in [0.15, 0.2) is 11.1 Å². The first-order valence-corrected chi connectivity index (χ1v) is 10.4. The van der Waals surface area contributed by atoms with Crippen molar-refractivity contribution in [1.29, 1.82) is 0 Å². The molecule has 25 heavy (non-hydrogen) atoms. The number of guanidine groups is 1. The van der Waals surface area contributed by atoms with E-state index in [1.54, 1.807) is 0 Å². The predicted molar refractivity (Wildman–Crippen MR) is 120 cm³/mol. The van der Waals surface area contributed by atoms with Gasteiger partial charge in [-0.1, -0.05) is 6.92 Å². The first kappa shape index (κ1) is 22.6. The van der Waals surface area contributed by atoms with E-state index in [9.17, 15) is 0 Å². The lowest BCUT2D eigenvalue weighted by Crippen LogP contribution is -2.42. The molecule has 0 aromatic carbocycles. The highest BCUT2D eigenvalue weighted by Crippen LogP contribution is 2.28. The summed E-state index contributed by atoms with van der Waals surface area (Å²) in [6.45, 7) is 11.1. The fourth-order valence-corrected chi connectivity index (χ4v) is 4.06. The van der Waals surface area contributed by atoms with Crippen LogP contribution >= 0.6 is 35.7 Å². The molecule has 1 saturated carbocycles. The van der Waals surface area contributed by atoms with Gasteiger partial charge in [-0.3, -0.25) is 9.67 Å². The van der Waals surface area contributed by atoms with Gasteiger partial charge in [0.25, 0.3) is 0 Å². The normalized spacial score (nSPS) is 21.7. The van der Waals surface area contributed by atoms with Gasteiger partial charge >= 0.3 is 0 Å². The van der Waals surface area contributed by atoms with Gasteiger partial charge in [0.1, 0.15) is 0 Å². The predicted octanol–water partition coefficient (Wildman–Crippen LogP) is 3.59. The number of aliphatic imine (C=N–C) groups is 1.